The van der Waals surface area contributed by atoms with Crippen LogP contribution < -0.4 is 0 Å². The summed E-state index contributed by atoms with van der Waals surface area (Å²) < 4.78 is 0. The van der Waals surface area contributed by atoms with E-state index in [1.165, 1.54) is 6.42 Å². The number of halogens is 1. The van der Waals surface area contributed by atoms with Crippen LogP contribution in [-0.2, 0) is 0 Å². The molecule has 1 heterocycles. The number of benzene rings is 1. The van der Waals surface area contributed by atoms with E-state index in [4.69, 9.17) is 11.6 Å². The average molecular weight is 252 g/mol. The Morgan fingerprint density at radius 2 is 1.82 bits per heavy atom. The van der Waals surface area contributed by atoms with Gasteiger partial charge in [0.05, 0.1) is 10.6 Å². The van der Waals surface area contributed by atoms with E-state index in [0.717, 1.165) is 12.8 Å². The SMILES string of the molecule is C[C@@H]1CCC[C@H](C)N1C(=O)c1ccccc1Cl. The first-order valence-corrected chi connectivity index (χ1v) is 6.56. The van der Waals surface area contributed by atoms with Crippen molar-refractivity contribution in [2.75, 3.05) is 0 Å². The van der Waals surface area contributed by atoms with Crippen LogP contribution in [0.25, 0.3) is 0 Å². The van der Waals surface area contributed by atoms with Gasteiger partial charge in [-0.2, -0.15) is 0 Å². The lowest BCUT2D eigenvalue weighted by Gasteiger charge is -2.39. The summed E-state index contributed by atoms with van der Waals surface area (Å²) >= 11 is 6.09. The highest BCUT2D eigenvalue weighted by Gasteiger charge is 2.30. The molecule has 92 valence electrons. The fourth-order valence-corrected chi connectivity index (χ4v) is 2.81. The molecule has 1 aromatic rings. The lowest BCUT2D eigenvalue weighted by molar-refractivity contribution is 0.0511. The normalized spacial score (nSPS) is 24.8. The number of carbonyl (C=O) groups is 1. The van der Waals surface area contributed by atoms with E-state index in [1.54, 1.807) is 12.1 Å². The predicted octanol–water partition coefficient (Wildman–Crippen LogP) is 3.74. The second-order valence-corrected chi connectivity index (χ2v) is 5.23. The number of nitrogens with zero attached hydrogens (tertiary/aromatic N) is 1. The fraction of sp³-hybridized carbons (Fsp3) is 0.500. The molecule has 1 fully saturated rings. The Morgan fingerprint density at radius 1 is 1.24 bits per heavy atom. The minimum atomic E-state index is 0.0651. The van der Waals surface area contributed by atoms with Gasteiger partial charge in [0.1, 0.15) is 0 Å². The van der Waals surface area contributed by atoms with Gasteiger partial charge in [0.15, 0.2) is 0 Å². The summed E-state index contributed by atoms with van der Waals surface area (Å²) in [7, 11) is 0. The molecule has 3 heteroatoms. The highest BCUT2D eigenvalue weighted by molar-refractivity contribution is 6.33. The molecule has 0 N–H and O–H groups in total. The fourth-order valence-electron chi connectivity index (χ4n) is 2.60. The first-order valence-electron chi connectivity index (χ1n) is 6.18. The summed E-state index contributed by atoms with van der Waals surface area (Å²) in [5.41, 5.74) is 0.620. The van der Waals surface area contributed by atoms with E-state index in [-0.39, 0.29) is 5.91 Å². The Hall–Kier alpha value is -1.02. The molecule has 0 aliphatic carbocycles. The van der Waals surface area contributed by atoms with Crippen LogP contribution in [0, 0.1) is 0 Å². The van der Waals surface area contributed by atoms with Crippen molar-refractivity contribution in [3.05, 3.63) is 34.9 Å². The highest BCUT2D eigenvalue weighted by Crippen LogP contribution is 2.26. The van der Waals surface area contributed by atoms with Crippen LogP contribution >= 0.6 is 11.6 Å². The molecular formula is C14H18ClNO. The average Bonchev–Trinajstić information content (AvgIpc) is 2.29. The van der Waals surface area contributed by atoms with Gasteiger partial charge in [-0.1, -0.05) is 23.7 Å². The minimum Gasteiger partial charge on any atom is -0.333 e. The summed E-state index contributed by atoms with van der Waals surface area (Å²) in [5, 5.41) is 0.544. The van der Waals surface area contributed by atoms with Crippen LogP contribution in [0.15, 0.2) is 24.3 Å². The zero-order valence-corrected chi connectivity index (χ0v) is 11.1. The lowest BCUT2D eigenvalue weighted by Crippen LogP contribution is -2.47. The molecule has 17 heavy (non-hydrogen) atoms. The Morgan fingerprint density at radius 3 is 2.41 bits per heavy atom. The van der Waals surface area contributed by atoms with Crippen LogP contribution in [-0.4, -0.2) is 22.9 Å². The molecule has 2 rings (SSSR count). The summed E-state index contributed by atoms with van der Waals surface area (Å²) in [6.45, 7) is 4.23. The Bertz CT molecular complexity index is 408. The number of hydrogen-bond acceptors (Lipinski definition) is 1. The molecule has 2 nitrogen and oxygen atoms in total. The first-order chi connectivity index (χ1) is 8.11. The molecule has 0 bridgehead atoms. The van der Waals surface area contributed by atoms with Gasteiger partial charge in [-0.3, -0.25) is 4.79 Å². The van der Waals surface area contributed by atoms with Crippen LogP contribution in [0.1, 0.15) is 43.5 Å². The molecule has 0 unspecified atom stereocenters. The van der Waals surface area contributed by atoms with Gasteiger partial charge >= 0.3 is 0 Å². The van der Waals surface area contributed by atoms with Crippen molar-refractivity contribution in [1.82, 2.24) is 4.90 Å². The summed E-state index contributed by atoms with van der Waals surface area (Å²) in [4.78, 5) is 14.5. The van der Waals surface area contributed by atoms with E-state index in [0.29, 0.717) is 22.7 Å². The molecule has 0 radical (unpaired) electrons. The van der Waals surface area contributed by atoms with E-state index in [2.05, 4.69) is 13.8 Å². The minimum absolute atomic E-state index is 0.0651. The number of piperidine rings is 1. The van der Waals surface area contributed by atoms with Gasteiger partial charge < -0.3 is 4.90 Å². The number of hydrogen-bond donors (Lipinski definition) is 0. The maximum atomic E-state index is 12.5. The van der Waals surface area contributed by atoms with Crippen molar-refractivity contribution < 1.29 is 4.79 Å². The molecule has 1 amide bonds. The molecule has 1 aromatic carbocycles. The third-order valence-corrected chi connectivity index (χ3v) is 3.86. The third kappa shape index (κ3) is 2.47. The Kier molecular flexibility index (Phi) is 3.72. The molecule has 1 aliphatic rings. The van der Waals surface area contributed by atoms with Crippen LogP contribution in [0.5, 0.6) is 0 Å². The van der Waals surface area contributed by atoms with Gasteiger partial charge in [0, 0.05) is 12.1 Å². The van der Waals surface area contributed by atoms with E-state index < -0.39 is 0 Å². The van der Waals surface area contributed by atoms with Crippen molar-refractivity contribution in [1.29, 1.82) is 0 Å². The number of amides is 1. The first kappa shape index (κ1) is 12.4. The topological polar surface area (TPSA) is 20.3 Å². The zero-order valence-electron chi connectivity index (χ0n) is 10.3. The molecule has 1 aliphatic heterocycles. The lowest BCUT2D eigenvalue weighted by atomic mass is 9.96. The summed E-state index contributed by atoms with van der Waals surface area (Å²) in [6, 6.07) is 7.90. The maximum absolute atomic E-state index is 12.5. The van der Waals surface area contributed by atoms with Crippen LogP contribution in [0.4, 0.5) is 0 Å². The van der Waals surface area contributed by atoms with Gasteiger partial charge in [-0.25, -0.2) is 0 Å². The summed E-state index contributed by atoms with van der Waals surface area (Å²) in [5.74, 6) is 0.0651. The molecular weight excluding hydrogens is 234 g/mol. The number of likely N-dealkylation sites (tertiary alicyclic amines) is 1. The highest BCUT2D eigenvalue weighted by atomic mass is 35.5. The predicted molar refractivity (Wildman–Crippen MR) is 70.4 cm³/mol. The van der Waals surface area contributed by atoms with Gasteiger partial charge in [-0.15, -0.1) is 0 Å². The van der Waals surface area contributed by atoms with E-state index >= 15 is 0 Å². The van der Waals surface area contributed by atoms with Crippen LogP contribution in [0.3, 0.4) is 0 Å². The Balaban J connectivity index is 2.27. The molecule has 0 spiro atoms. The van der Waals surface area contributed by atoms with Crippen molar-refractivity contribution in [3.63, 3.8) is 0 Å². The molecule has 0 saturated carbocycles. The van der Waals surface area contributed by atoms with Gasteiger partial charge in [0.25, 0.3) is 5.91 Å². The zero-order chi connectivity index (χ0) is 12.4. The largest absolute Gasteiger partial charge is 0.333 e. The van der Waals surface area contributed by atoms with Gasteiger partial charge in [-0.05, 0) is 45.2 Å². The van der Waals surface area contributed by atoms with Crippen LogP contribution in [0.2, 0.25) is 5.02 Å². The number of carbonyl (C=O) groups excluding carboxylic acids is 1. The molecule has 0 aromatic heterocycles. The van der Waals surface area contributed by atoms with E-state index in [9.17, 15) is 4.79 Å². The molecule has 2 atom stereocenters. The van der Waals surface area contributed by atoms with Crippen molar-refractivity contribution in [2.45, 2.75) is 45.2 Å². The monoisotopic (exact) mass is 251 g/mol. The maximum Gasteiger partial charge on any atom is 0.255 e. The number of rotatable bonds is 1. The van der Waals surface area contributed by atoms with Crippen molar-refractivity contribution in [3.8, 4) is 0 Å². The quantitative estimate of drug-likeness (QED) is 0.745. The van der Waals surface area contributed by atoms with Crippen molar-refractivity contribution in [2.24, 2.45) is 0 Å². The second-order valence-electron chi connectivity index (χ2n) is 4.82. The second kappa shape index (κ2) is 5.09. The van der Waals surface area contributed by atoms with Crippen molar-refractivity contribution >= 4 is 17.5 Å². The Labute approximate surface area is 108 Å². The standard InChI is InChI=1S/C14H18ClNO/c1-10-6-5-7-11(2)16(10)14(17)12-8-3-4-9-13(12)15/h3-4,8-11H,5-7H2,1-2H3/t10-,11+. The van der Waals surface area contributed by atoms with Gasteiger partial charge in [0.2, 0.25) is 0 Å². The summed E-state index contributed by atoms with van der Waals surface area (Å²) in [6.07, 6.45) is 3.37. The molecule has 1 saturated heterocycles. The smallest absolute Gasteiger partial charge is 0.255 e. The van der Waals surface area contributed by atoms with E-state index in [1.807, 2.05) is 17.0 Å². The third-order valence-electron chi connectivity index (χ3n) is 3.53.